The maximum atomic E-state index is 11.3. The summed E-state index contributed by atoms with van der Waals surface area (Å²) >= 11 is 11.8. The van der Waals surface area contributed by atoms with Gasteiger partial charge in [0.2, 0.25) is 0 Å². The van der Waals surface area contributed by atoms with E-state index in [0.717, 1.165) is 5.56 Å². The van der Waals surface area contributed by atoms with E-state index >= 15 is 0 Å². The van der Waals surface area contributed by atoms with Crippen LogP contribution in [0.5, 0.6) is 0 Å². The van der Waals surface area contributed by atoms with Crippen LogP contribution in [0.25, 0.3) is 0 Å². The lowest BCUT2D eigenvalue weighted by molar-refractivity contribution is 0.554. The van der Waals surface area contributed by atoms with Gasteiger partial charge in [-0.15, -0.1) is 0 Å². The van der Waals surface area contributed by atoms with Crippen LogP contribution in [0.2, 0.25) is 10.0 Å². The first-order valence-corrected chi connectivity index (χ1v) is 7.92. The minimum atomic E-state index is -2.83. The van der Waals surface area contributed by atoms with Crippen LogP contribution < -0.4 is 5.32 Å². The molecule has 2 rings (SSSR count). The number of rotatable bonds is 3. The van der Waals surface area contributed by atoms with Crippen LogP contribution in [0, 0.1) is 0 Å². The third-order valence-corrected chi connectivity index (χ3v) is 5.18. The predicted octanol–water partition coefficient (Wildman–Crippen LogP) is 2.27. The van der Waals surface area contributed by atoms with Crippen LogP contribution in [0.3, 0.4) is 0 Å². The summed E-state index contributed by atoms with van der Waals surface area (Å²) in [7, 11) is -2.83. The molecule has 0 aliphatic carbocycles. The minimum Gasteiger partial charge on any atom is -0.309 e. The Bertz CT molecular complexity index is 516. The lowest BCUT2D eigenvalue weighted by Crippen LogP contribution is -2.29. The zero-order valence-corrected chi connectivity index (χ0v) is 11.4. The molecular formula is C11H13Cl2NO2S. The predicted molar refractivity (Wildman–Crippen MR) is 70.4 cm³/mol. The molecule has 1 heterocycles. The highest BCUT2D eigenvalue weighted by atomic mass is 35.5. The molecule has 1 aliphatic heterocycles. The molecule has 17 heavy (non-hydrogen) atoms. The molecule has 0 bridgehead atoms. The molecule has 0 spiro atoms. The molecule has 1 N–H and O–H groups in total. The second-order valence-electron chi connectivity index (χ2n) is 4.22. The minimum absolute atomic E-state index is 0.0340. The fourth-order valence-electron chi connectivity index (χ4n) is 1.88. The number of sulfone groups is 1. The number of halogens is 2. The largest absolute Gasteiger partial charge is 0.309 e. The van der Waals surface area contributed by atoms with Crippen molar-refractivity contribution in [1.82, 2.24) is 5.32 Å². The molecule has 0 amide bonds. The van der Waals surface area contributed by atoms with Crippen molar-refractivity contribution in [1.29, 1.82) is 0 Å². The first-order chi connectivity index (χ1) is 7.96. The van der Waals surface area contributed by atoms with Crippen molar-refractivity contribution in [3.05, 3.63) is 33.8 Å². The summed E-state index contributed by atoms with van der Waals surface area (Å²) in [5, 5.41) is 4.41. The van der Waals surface area contributed by atoms with E-state index in [0.29, 0.717) is 23.0 Å². The Kier molecular flexibility index (Phi) is 3.98. The molecule has 0 saturated carbocycles. The van der Waals surface area contributed by atoms with Crippen LogP contribution in [0.1, 0.15) is 12.0 Å². The molecule has 1 fully saturated rings. The fourth-order valence-corrected chi connectivity index (χ4v) is 4.06. The fraction of sp³-hybridized carbons (Fsp3) is 0.455. The summed E-state index contributed by atoms with van der Waals surface area (Å²) in [5.41, 5.74) is 0.931. The zero-order chi connectivity index (χ0) is 12.5. The van der Waals surface area contributed by atoms with Gasteiger partial charge >= 0.3 is 0 Å². The van der Waals surface area contributed by atoms with Crippen molar-refractivity contribution in [3.63, 3.8) is 0 Å². The van der Waals surface area contributed by atoms with E-state index in [1.807, 2.05) is 6.07 Å². The topological polar surface area (TPSA) is 46.2 Å². The van der Waals surface area contributed by atoms with Gasteiger partial charge in [-0.2, -0.15) is 0 Å². The van der Waals surface area contributed by atoms with Gasteiger partial charge in [0.1, 0.15) is 0 Å². The van der Waals surface area contributed by atoms with Crippen molar-refractivity contribution in [2.75, 3.05) is 11.5 Å². The van der Waals surface area contributed by atoms with E-state index in [1.165, 1.54) is 0 Å². The highest BCUT2D eigenvalue weighted by molar-refractivity contribution is 7.91. The van der Waals surface area contributed by atoms with Crippen molar-refractivity contribution in [3.8, 4) is 0 Å². The van der Waals surface area contributed by atoms with Gasteiger partial charge in [-0.05, 0) is 24.1 Å². The lowest BCUT2D eigenvalue weighted by atomic mass is 10.2. The third-order valence-electron chi connectivity index (χ3n) is 2.83. The highest BCUT2D eigenvalue weighted by Crippen LogP contribution is 2.21. The van der Waals surface area contributed by atoms with Crippen LogP contribution in [-0.4, -0.2) is 26.0 Å². The van der Waals surface area contributed by atoms with Gasteiger partial charge in [-0.3, -0.25) is 0 Å². The van der Waals surface area contributed by atoms with Gasteiger partial charge in [0, 0.05) is 22.6 Å². The summed E-state index contributed by atoms with van der Waals surface area (Å²) in [5.74, 6) is 0.497. The van der Waals surface area contributed by atoms with Gasteiger partial charge in [-0.1, -0.05) is 29.3 Å². The van der Waals surface area contributed by atoms with Gasteiger partial charge in [0.05, 0.1) is 11.5 Å². The average Bonchev–Trinajstić information content (AvgIpc) is 2.57. The molecule has 1 aromatic rings. The van der Waals surface area contributed by atoms with Crippen LogP contribution >= 0.6 is 23.2 Å². The molecule has 0 aromatic heterocycles. The molecule has 3 nitrogen and oxygen atoms in total. The Hall–Kier alpha value is -0.290. The summed E-state index contributed by atoms with van der Waals surface area (Å²) in [6, 6.07) is 5.34. The van der Waals surface area contributed by atoms with Crippen LogP contribution in [-0.2, 0) is 16.4 Å². The van der Waals surface area contributed by atoms with Gasteiger partial charge in [0.15, 0.2) is 9.84 Å². The normalized spacial score (nSPS) is 22.8. The number of hydrogen-bond donors (Lipinski definition) is 1. The molecule has 1 atom stereocenters. The smallest absolute Gasteiger partial charge is 0.151 e. The molecule has 0 radical (unpaired) electrons. The van der Waals surface area contributed by atoms with Gasteiger partial charge in [-0.25, -0.2) is 8.42 Å². The number of hydrogen-bond acceptors (Lipinski definition) is 3. The van der Waals surface area contributed by atoms with E-state index in [1.54, 1.807) is 12.1 Å². The zero-order valence-electron chi connectivity index (χ0n) is 9.12. The standard InChI is InChI=1S/C11H13Cl2NO2S/c12-9-2-1-8(11(13)5-9)6-14-10-3-4-17(15,16)7-10/h1-2,5,10,14H,3-4,6-7H2/t10-/m0/s1. The summed E-state index contributed by atoms with van der Waals surface area (Å²) in [6.45, 7) is 0.566. The number of benzene rings is 1. The third kappa shape index (κ3) is 3.58. The molecule has 94 valence electrons. The first kappa shape index (κ1) is 13.1. The van der Waals surface area contributed by atoms with Crippen LogP contribution in [0.15, 0.2) is 18.2 Å². The summed E-state index contributed by atoms with van der Waals surface area (Å²) in [6.07, 6.45) is 0.674. The second kappa shape index (κ2) is 5.14. The molecule has 1 saturated heterocycles. The molecule has 0 unspecified atom stereocenters. The van der Waals surface area contributed by atoms with Crippen LogP contribution in [0.4, 0.5) is 0 Å². The monoisotopic (exact) mass is 293 g/mol. The quantitative estimate of drug-likeness (QED) is 0.930. The van der Waals surface area contributed by atoms with E-state index in [2.05, 4.69) is 5.32 Å². The Balaban J connectivity index is 1.95. The van der Waals surface area contributed by atoms with E-state index in [9.17, 15) is 8.42 Å². The lowest BCUT2D eigenvalue weighted by Gasteiger charge is -2.11. The van der Waals surface area contributed by atoms with Crippen molar-refractivity contribution >= 4 is 33.0 Å². The molecular weight excluding hydrogens is 281 g/mol. The van der Waals surface area contributed by atoms with Gasteiger partial charge < -0.3 is 5.32 Å². The van der Waals surface area contributed by atoms with E-state index in [-0.39, 0.29) is 17.5 Å². The first-order valence-electron chi connectivity index (χ1n) is 5.34. The maximum absolute atomic E-state index is 11.3. The molecule has 6 heteroatoms. The summed E-state index contributed by atoms with van der Waals surface area (Å²) < 4.78 is 22.6. The molecule has 1 aromatic carbocycles. The Labute approximate surface area is 111 Å². The average molecular weight is 294 g/mol. The van der Waals surface area contributed by atoms with Gasteiger partial charge in [0.25, 0.3) is 0 Å². The van der Waals surface area contributed by atoms with Crippen molar-refractivity contribution in [2.24, 2.45) is 0 Å². The second-order valence-corrected chi connectivity index (χ2v) is 7.29. The molecule has 1 aliphatic rings. The highest BCUT2D eigenvalue weighted by Gasteiger charge is 2.27. The Morgan fingerprint density at radius 2 is 2.12 bits per heavy atom. The summed E-state index contributed by atoms with van der Waals surface area (Å²) in [4.78, 5) is 0. The maximum Gasteiger partial charge on any atom is 0.151 e. The SMILES string of the molecule is O=S1(=O)CC[C@H](NCc2ccc(Cl)cc2Cl)C1. The Morgan fingerprint density at radius 1 is 1.35 bits per heavy atom. The Morgan fingerprint density at radius 3 is 2.71 bits per heavy atom. The number of nitrogens with one attached hydrogen (secondary N) is 1. The van der Waals surface area contributed by atoms with E-state index < -0.39 is 9.84 Å². The van der Waals surface area contributed by atoms with Crippen molar-refractivity contribution in [2.45, 2.75) is 19.0 Å². The van der Waals surface area contributed by atoms with Crippen molar-refractivity contribution < 1.29 is 8.42 Å². The van der Waals surface area contributed by atoms with E-state index in [4.69, 9.17) is 23.2 Å².